The van der Waals surface area contributed by atoms with Crippen LogP contribution in [0.3, 0.4) is 0 Å². The fraction of sp³-hybridized carbons (Fsp3) is 0.900. The molecule has 0 aromatic heterocycles. The van der Waals surface area contributed by atoms with Crippen molar-refractivity contribution in [2.75, 3.05) is 13.2 Å². The van der Waals surface area contributed by atoms with Crippen LogP contribution in [0, 0.1) is 0 Å². The Labute approximate surface area is 411 Å². The van der Waals surface area contributed by atoms with Gasteiger partial charge in [0, 0.05) is 12.8 Å². The molecule has 2 unspecified atom stereocenters. The highest BCUT2D eigenvalue weighted by Gasteiger charge is 2.20. The molecule has 0 aromatic carbocycles. The first-order valence-corrected chi connectivity index (χ1v) is 29.6. The maximum absolute atomic E-state index is 12.4. The fourth-order valence-corrected chi connectivity index (χ4v) is 9.16. The van der Waals surface area contributed by atoms with Gasteiger partial charge in [-0.15, -0.1) is 0 Å². The van der Waals surface area contributed by atoms with E-state index in [0.717, 1.165) is 44.9 Å². The first kappa shape index (κ1) is 64.3. The number of unbranched alkanes of at least 4 members (excludes halogenated alkanes) is 40. The Balaban J connectivity index is 3.40. The van der Waals surface area contributed by atoms with Crippen molar-refractivity contribution >= 4 is 11.9 Å². The predicted octanol–water partition coefficient (Wildman–Crippen LogP) is 18.2. The SMILES string of the molecule is CCCCCCCC/C=C\CCCCCCCCCCCC(=O)OCCCCCCCCCC/C=C\CCCCCCCCCC(=O)NC(CO)C(O)CCCCCCCCCCCCC. The molecule has 0 aliphatic rings. The van der Waals surface area contributed by atoms with Gasteiger partial charge in [0.1, 0.15) is 0 Å². The Kier molecular flexibility index (Phi) is 54.5. The number of carbonyl (C=O) groups excluding carboxylic acids is 2. The van der Waals surface area contributed by atoms with Crippen LogP contribution in [0.1, 0.15) is 322 Å². The first-order chi connectivity index (χ1) is 32.5. The van der Waals surface area contributed by atoms with Crippen molar-refractivity contribution < 1.29 is 24.5 Å². The Morgan fingerprint density at radius 1 is 0.409 bits per heavy atom. The third kappa shape index (κ3) is 51.7. The topological polar surface area (TPSA) is 95.9 Å². The van der Waals surface area contributed by atoms with Gasteiger partial charge in [-0.25, -0.2) is 0 Å². The van der Waals surface area contributed by atoms with E-state index in [4.69, 9.17) is 4.74 Å². The predicted molar refractivity (Wildman–Crippen MR) is 287 cm³/mol. The zero-order valence-electron chi connectivity index (χ0n) is 44.4. The van der Waals surface area contributed by atoms with Crippen LogP contribution in [0.5, 0.6) is 0 Å². The zero-order chi connectivity index (χ0) is 47.9. The Morgan fingerprint density at radius 2 is 0.712 bits per heavy atom. The van der Waals surface area contributed by atoms with Crippen LogP contribution in [-0.4, -0.2) is 47.4 Å². The lowest BCUT2D eigenvalue weighted by molar-refractivity contribution is -0.143. The number of carbonyl (C=O) groups is 2. The lowest BCUT2D eigenvalue weighted by Crippen LogP contribution is -2.45. The number of hydrogen-bond acceptors (Lipinski definition) is 5. The number of hydrogen-bond donors (Lipinski definition) is 3. The molecule has 390 valence electrons. The molecule has 0 spiro atoms. The van der Waals surface area contributed by atoms with Gasteiger partial charge in [0.25, 0.3) is 0 Å². The Morgan fingerprint density at radius 3 is 1.08 bits per heavy atom. The molecule has 0 aliphatic heterocycles. The maximum atomic E-state index is 12.4. The molecule has 2 atom stereocenters. The minimum absolute atomic E-state index is 0.00365. The standard InChI is InChI=1S/C60H115NO5/c1-3-5-7-9-11-13-15-16-17-18-20-24-27-30-34-38-42-46-50-54-60(65)66-55-51-47-43-39-35-31-28-25-22-19-21-23-26-29-33-37-41-45-49-53-59(64)61-57(56-62)58(63)52-48-44-40-36-32-14-12-10-8-6-4-2/h16-17,19,21,57-58,62-63H,3-15,18,20,22-56H2,1-2H3,(H,61,64)/b17-16-,21-19-. The summed E-state index contributed by atoms with van der Waals surface area (Å²) >= 11 is 0. The summed E-state index contributed by atoms with van der Waals surface area (Å²) in [6, 6.07) is -0.547. The van der Waals surface area contributed by atoms with Crippen LogP contribution in [0.2, 0.25) is 0 Å². The van der Waals surface area contributed by atoms with Crippen molar-refractivity contribution in [2.24, 2.45) is 0 Å². The molecule has 0 radical (unpaired) electrons. The van der Waals surface area contributed by atoms with E-state index in [0.29, 0.717) is 25.9 Å². The van der Waals surface area contributed by atoms with E-state index in [9.17, 15) is 19.8 Å². The molecule has 0 bridgehead atoms. The number of ether oxygens (including phenoxy) is 1. The van der Waals surface area contributed by atoms with E-state index in [1.165, 1.54) is 244 Å². The van der Waals surface area contributed by atoms with Gasteiger partial charge in [-0.3, -0.25) is 9.59 Å². The van der Waals surface area contributed by atoms with Crippen LogP contribution in [0.4, 0.5) is 0 Å². The molecule has 0 aliphatic carbocycles. The number of nitrogens with one attached hydrogen (secondary N) is 1. The van der Waals surface area contributed by atoms with Crippen molar-refractivity contribution in [3.8, 4) is 0 Å². The molecule has 0 rings (SSSR count). The number of esters is 1. The van der Waals surface area contributed by atoms with E-state index in [1.807, 2.05) is 0 Å². The summed E-state index contributed by atoms with van der Waals surface area (Å²) in [4.78, 5) is 24.5. The number of rotatable bonds is 55. The average Bonchev–Trinajstić information content (AvgIpc) is 3.32. The summed E-state index contributed by atoms with van der Waals surface area (Å²) in [6.07, 6.45) is 67.5. The van der Waals surface area contributed by atoms with Crippen molar-refractivity contribution in [1.29, 1.82) is 0 Å². The highest BCUT2D eigenvalue weighted by atomic mass is 16.5. The van der Waals surface area contributed by atoms with Gasteiger partial charge in [-0.05, 0) is 77.0 Å². The number of aliphatic hydroxyl groups excluding tert-OH is 2. The van der Waals surface area contributed by atoms with Crippen LogP contribution < -0.4 is 5.32 Å². The van der Waals surface area contributed by atoms with Crippen LogP contribution in [0.15, 0.2) is 24.3 Å². The molecule has 6 heteroatoms. The average molecular weight is 931 g/mol. The molecule has 6 nitrogen and oxygen atoms in total. The second kappa shape index (κ2) is 55.9. The molecule has 0 saturated heterocycles. The second-order valence-electron chi connectivity index (χ2n) is 20.3. The summed E-state index contributed by atoms with van der Waals surface area (Å²) in [5, 5.41) is 23.2. The minimum atomic E-state index is -0.669. The van der Waals surface area contributed by atoms with Gasteiger partial charge in [-0.2, -0.15) is 0 Å². The van der Waals surface area contributed by atoms with Gasteiger partial charge in [0.15, 0.2) is 0 Å². The highest BCUT2D eigenvalue weighted by Crippen LogP contribution is 2.17. The van der Waals surface area contributed by atoms with Crippen LogP contribution in [0.25, 0.3) is 0 Å². The van der Waals surface area contributed by atoms with Crippen LogP contribution in [-0.2, 0) is 14.3 Å². The Bertz CT molecular complexity index is 1030. The maximum Gasteiger partial charge on any atom is 0.305 e. The van der Waals surface area contributed by atoms with Crippen molar-refractivity contribution in [3.63, 3.8) is 0 Å². The molecule has 0 heterocycles. The lowest BCUT2D eigenvalue weighted by atomic mass is 10.0. The highest BCUT2D eigenvalue weighted by molar-refractivity contribution is 5.76. The summed E-state index contributed by atoms with van der Waals surface area (Å²) in [6.45, 7) is 4.94. The fourth-order valence-electron chi connectivity index (χ4n) is 9.16. The number of allylic oxidation sites excluding steroid dienone is 4. The summed E-state index contributed by atoms with van der Waals surface area (Å²) < 4.78 is 5.49. The molecular formula is C60H115NO5. The third-order valence-electron chi connectivity index (χ3n) is 13.7. The molecule has 0 fully saturated rings. The number of amides is 1. The van der Waals surface area contributed by atoms with E-state index >= 15 is 0 Å². The summed E-state index contributed by atoms with van der Waals surface area (Å²) in [7, 11) is 0. The van der Waals surface area contributed by atoms with Crippen molar-refractivity contribution in [3.05, 3.63) is 24.3 Å². The van der Waals surface area contributed by atoms with Gasteiger partial charge in [-0.1, -0.05) is 256 Å². The largest absolute Gasteiger partial charge is 0.466 e. The third-order valence-corrected chi connectivity index (χ3v) is 13.7. The molecule has 1 amide bonds. The quantitative estimate of drug-likeness (QED) is 0.0321. The lowest BCUT2D eigenvalue weighted by Gasteiger charge is -2.22. The second-order valence-corrected chi connectivity index (χ2v) is 20.3. The van der Waals surface area contributed by atoms with Crippen molar-refractivity contribution in [2.45, 2.75) is 334 Å². The molecule has 0 saturated carbocycles. The molecular weight excluding hydrogens is 815 g/mol. The smallest absolute Gasteiger partial charge is 0.305 e. The normalized spacial score (nSPS) is 12.7. The van der Waals surface area contributed by atoms with Gasteiger partial charge in [0.05, 0.1) is 25.4 Å². The molecule has 66 heavy (non-hydrogen) atoms. The van der Waals surface area contributed by atoms with E-state index in [1.54, 1.807) is 0 Å². The van der Waals surface area contributed by atoms with Crippen molar-refractivity contribution in [1.82, 2.24) is 5.32 Å². The van der Waals surface area contributed by atoms with Crippen LogP contribution >= 0.6 is 0 Å². The van der Waals surface area contributed by atoms with Gasteiger partial charge >= 0.3 is 5.97 Å². The zero-order valence-corrected chi connectivity index (χ0v) is 44.4. The minimum Gasteiger partial charge on any atom is -0.466 e. The van der Waals surface area contributed by atoms with Gasteiger partial charge in [0.2, 0.25) is 5.91 Å². The molecule has 3 N–H and O–H groups in total. The van der Waals surface area contributed by atoms with E-state index < -0.39 is 12.1 Å². The monoisotopic (exact) mass is 930 g/mol. The van der Waals surface area contributed by atoms with Gasteiger partial charge < -0.3 is 20.3 Å². The number of aliphatic hydroxyl groups is 2. The van der Waals surface area contributed by atoms with E-state index in [2.05, 4.69) is 43.5 Å². The summed E-state index contributed by atoms with van der Waals surface area (Å²) in [5.41, 5.74) is 0. The van der Waals surface area contributed by atoms with E-state index in [-0.39, 0.29) is 18.5 Å². The first-order valence-electron chi connectivity index (χ1n) is 29.6. The molecule has 0 aromatic rings. The summed E-state index contributed by atoms with van der Waals surface area (Å²) in [5.74, 6) is -0.0415. The Hall–Kier alpha value is -1.66.